The van der Waals surface area contributed by atoms with Gasteiger partial charge in [-0.15, -0.1) is 5.10 Å². The monoisotopic (exact) mass is 831 g/mol. The standard InChI is InChI=1S/C15H11F2IN4O.C14H12F2IN3O/c1-7-6-8(18)2-5-11(7)20-13-9(3-4-10(16)12(13)17)14-21-22-15(19)23-14;1-7-6-8(17)2-5-11(7)19-13-9(14(21)20-18)3-4-10(15)12(13)16/h2-6,20H,1H3,(H2,19,22);2-6,19H,18H2,1H3,(H,20,21). The van der Waals surface area contributed by atoms with Gasteiger partial charge in [-0.1, -0.05) is 5.10 Å². The average Bonchev–Trinajstić information content (AvgIpc) is 3.42. The molecular weight excluding hydrogens is 808 g/mol. The summed E-state index contributed by atoms with van der Waals surface area (Å²) in [5.41, 5.74) is 10.1. The van der Waals surface area contributed by atoms with Gasteiger partial charge in [-0.05, 0) is 131 Å². The molecule has 4 aromatic carbocycles. The Labute approximate surface area is 276 Å². The highest BCUT2D eigenvalue weighted by Gasteiger charge is 2.20. The van der Waals surface area contributed by atoms with E-state index >= 15 is 0 Å². The molecule has 228 valence electrons. The molecule has 0 atom stereocenters. The van der Waals surface area contributed by atoms with Gasteiger partial charge >= 0.3 is 6.01 Å². The lowest BCUT2D eigenvalue weighted by Gasteiger charge is -2.14. The zero-order chi connectivity index (χ0) is 32.1. The van der Waals surface area contributed by atoms with E-state index in [1.54, 1.807) is 12.1 Å². The van der Waals surface area contributed by atoms with E-state index in [1.165, 1.54) is 12.1 Å². The summed E-state index contributed by atoms with van der Waals surface area (Å²) in [6, 6.07) is 15.2. The topological polar surface area (TPSA) is 144 Å². The number of hydrogen-bond donors (Lipinski definition) is 5. The number of nitrogens with two attached hydrogens (primary N) is 2. The van der Waals surface area contributed by atoms with Crippen LogP contribution in [0.3, 0.4) is 0 Å². The number of carbonyl (C=O) groups excluding carboxylic acids is 1. The molecule has 5 rings (SSSR count). The lowest BCUT2D eigenvalue weighted by Crippen LogP contribution is -2.30. The van der Waals surface area contributed by atoms with Crippen molar-refractivity contribution in [3.8, 4) is 11.5 Å². The van der Waals surface area contributed by atoms with Crippen LogP contribution in [0.4, 0.5) is 46.3 Å². The second kappa shape index (κ2) is 14.2. The van der Waals surface area contributed by atoms with E-state index in [-0.39, 0.29) is 34.4 Å². The number of anilines is 5. The molecule has 0 saturated heterocycles. The number of nitrogens with one attached hydrogen (secondary N) is 3. The Bertz CT molecular complexity index is 1850. The molecule has 0 unspecified atom stereocenters. The van der Waals surface area contributed by atoms with Gasteiger partial charge in [0.05, 0.1) is 22.5 Å². The second-order valence-electron chi connectivity index (χ2n) is 9.16. The number of hydrogen-bond acceptors (Lipinski definition) is 8. The average molecular weight is 831 g/mol. The third-order valence-corrected chi connectivity index (χ3v) is 7.47. The van der Waals surface area contributed by atoms with Gasteiger partial charge in [-0.25, -0.2) is 23.4 Å². The molecule has 9 nitrogen and oxygen atoms in total. The van der Waals surface area contributed by atoms with Crippen molar-refractivity contribution in [2.45, 2.75) is 13.8 Å². The van der Waals surface area contributed by atoms with Crippen molar-refractivity contribution in [3.63, 3.8) is 0 Å². The predicted molar refractivity (Wildman–Crippen MR) is 176 cm³/mol. The van der Waals surface area contributed by atoms with E-state index in [2.05, 4.69) is 66.0 Å². The van der Waals surface area contributed by atoms with Gasteiger partial charge in [-0.2, -0.15) is 0 Å². The second-order valence-corrected chi connectivity index (χ2v) is 11.6. The first-order valence-electron chi connectivity index (χ1n) is 12.5. The van der Waals surface area contributed by atoms with Crippen molar-refractivity contribution in [1.82, 2.24) is 15.6 Å². The maximum atomic E-state index is 14.3. The quantitative estimate of drug-likeness (QED) is 0.0390. The van der Waals surface area contributed by atoms with Gasteiger partial charge in [0, 0.05) is 18.5 Å². The zero-order valence-corrected chi connectivity index (χ0v) is 27.2. The molecule has 5 aromatic rings. The molecular formula is C29H23F4I2N7O2. The number of nitrogen functional groups attached to an aromatic ring is 2. The fourth-order valence-electron chi connectivity index (χ4n) is 3.94. The Hall–Kier alpha value is -3.97. The first-order valence-corrected chi connectivity index (χ1v) is 14.7. The van der Waals surface area contributed by atoms with Crippen molar-refractivity contribution in [2.24, 2.45) is 5.84 Å². The van der Waals surface area contributed by atoms with Gasteiger partial charge in [0.25, 0.3) is 11.8 Å². The van der Waals surface area contributed by atoms with Crippen LogP contribution in [0.25, 0.3) is 11.5 Å². The number of nitrogens with zero attached hydrogens (tertiary/aromatic N) is 2. The number of aromatic nitrogens is 2. The number of amides is 1. The summed E-state index contributed by atoms with van der Waals surface area (Å²) in [6.45, 7) is 3.69. The predicted octanol–water partition coefficient (Wildman–Crippen LogP) is 7.48. The molecule has 1 heterocycles. The molecule has 0 bridgehead atoms. The van der Waals surface area contributed by atoms with Crippen LogP contribution in [0, 0.1) is 44.3 Å². The van der Waals surface area contributed by atoms with Gasteiger partial charge in [0.2, 0.25) is 0 Å². The SMILES string of the molecule is Cc1cc(I)ccc1Nc1c(-c2nnc(N)o2)ccc(F)c1F.Cc1cc(I)ccc1Nc1c(C(=O)NN)ccc(F)c1F. The van der Waals surface area contributed by atoms with Crippen LogP contribution in [0.1, 0.15) is 21.5 Å². The fourth-order valence-corrected chi connectivity index (χ4v) is 5.23. The molecule has 0 fully saturated rings. The van der Waals surface area contributed by atoms with Crippen LogP contribution in [-0.2, 0) is 0 Å². The van der Waals surface area contributed by atoms with Crippen molar-refractivity contribution in [2.75, 3.05) is 16.4 Å². The Balaban J connectivity index is 0.000000202. The summed E-state index contributed by atoms with van der Waals surface area (Å²) in [7, 11) is 0. The molecule has 0 radical (unpaired) electrons. The van der Waals surface area contributed by atoms with Crippen LogP contribution in [0.2, 0.25) is 0 Å². The first kappa shape index (κ1) is 32.9. The minimum absolute atomic E-state index is 0.00654. The zero-order valence-electron chi connectivity index (χ0n) is 22.9. The summed E-state index contributed by atoms with van der Waals surface area (Å²) in [6.07, 6.45) is 0. The highest BCUT2D eigenvalue weighted by Crippen LogP contribution is 2.35. The lowest BCUT2D eigenvalue weighted by molar-refractivity contribution is 0.0954. The van der Waals surface area contributed by atoms with E-state index in [1.807, 2.05) is 43.5 Å². The van der Waals surface area contributed by atoms with E-state index in [9.17, 15) is 22.4 Å². The maximum absolute atomic E-state index is 14.3. The van der Waals surface area contributed by atoms with Gasteiger partial charge in [0.15, 0.2) is 23.3 Å². The van der Waals surface area contributed by atoms with Gasteiger partial charge in [-0.3, -0.25) is 10.2 Å². The number of rotatable bonds is 6. The highest BCUT2D eigenvalue weighted by molar-refractivity contribution is 14.1. The van der Waals surface area contributed by atoms with E-state index < -0.39 is 29.2 Å². The molecule has 44 heavy (non-hydrogen) atoms. The Kier molecular flexibility index (Phi) is 10.6. The molecule has 7 N–H and O–H groups in total. The number of carbonyl (C=O) groups is 1. The van der Waals surface area contributed by atoms with Crippen LogP contribution >= 0.6 is 45.2 Å². The van der Waals surface area contributed by atoms with Crippen LogP contribution in [0.5, 0.6) is 0 Å². The Morgan fingerprint density at radius 1 is 0.773 bits per heavy atom. The van der Waals surface area contributed by atoms with Gasteiger partial charge in [0.1, 0.15) is 0 Å². The number of aryl methyl sites for hydroxylation is 2. The fraction of sp³-hybridized carbons (Fsp3) is 0.0690. The van der Waals surface area contributed by atoms with E-state index in [0.717, 1.165) is 30.4 Å². The molecule has 0 saturated carbocycles. The van der Waals surface area contributed by atoms with Crippen molar-refractivity contribution < 1.29 is 26.8 Å². The van der Waals surface area contributed by atoms with Crippen molar-refractivity contribution in [1.29, 1.82) is 0 Å². The van der Waals surface area contributed by atoms with E-state index in [4.69, 9.17) is 16.0 Å². The molecule has 1 aromatic heterocycles. The molecule has 1 amide bonds. The van der Waals surface area contributed by atoms with Crippen molar-refractivity contribution >= 4 is 79.9 Å². The van der Waals surface area contributed by atoms with Crippen LogP contribution < -0.4 is 27.6 Å². The molecule has 0 aliphatic heterocycles. The smallest absolute Gasteiger partial charge is 0.313 e. The molecule has 0 aliphatic carbocycles. The minimum atomic E-state index is -1.13. The highest BCUT2D eigenvalue weighted by atomic mass is 127. The summed E-state index contributed by atoms with van der Waals surface area (Å²) < 4.78 is 62.5. The number of hydrazine groups is 1. The van der Waals surface area contributed by atoms with Crippen molar-refractivity contribution in [3.05, 3.63) is 108 Å². The van der Waals surface area contributed by atoms with Gasteiger partial charge < -0.3 is 20.8 Å². The maximum Gasteiger partial charge on any atom is 0.313 e. The largest absolute Gasteiger partial charge is 0.403 e. The van der Waals surface area contributed by atoms with E-state index in [0.29, 0.717) is 11.4 Å². The summed E-state index contributed by atoms with van der Waals surface area (Å²) in [4.78, 5) is 11.7. The summed E-state index contributed by atoms with van der Waals surface area (Å²) >= 11 is 4.32. The third kappa shape index (κ3) is 7.56. The Morgan fingerprint density at radius 3 is 1.80 bits per heavy atom. The minimum Gasteiger partial charge on any atom is -0.403 e. The van der Waals surface area contributed by atoms with Crippen LogP contribution in [0.15, 0.2) is 65.1 Å². The summed E-state index contributed by atoms with van der Waals surface area (Å²) in [5, 5.41) is 12.9. The lowest BCUT2D eigenvalue weighted by atomic mass is 10.1. The summed E-state index contributed by atoms with van der Waals surface area (Å²) in [5.74, 6) is 0.170. The Morgan fingerprint density at radius 2 is 1.30 bits per heavy atom. The van der Waals surface area contributed by atoms with Crippen LogP contribution in [-0.4, -0.2) is 16.1 Å². The number of halogens is 6. The first-order chi connectivity index (χ1) is 20.9. The molecule has 15 heteroatoms. The number of benzene rings is 4. The third-order valence-electron chi connectivity index (χ3n) is 6.13. The normalized spacial score (nSPS) is 10.6. The molecule has 0 aliphatic rings. The molecule has 0 spiro atoms.